The van der Waals surface area contributed by atoms with Crippen molar-refractivity contribution >= 4 is 11.8 Å². The van der Waals surface area contributed by atoms with Crippen LogP contribution >= 0.6 is 0 Å². The molecule has 2 aliphatic rings. The topological polar surface area (TPSA) is 75.4 Å². The van der Waals surface area contributed by atoms with E-state index in [-0.39, 0.29) is 24.4 Å². The van der Waals surface area contributed by atoms with E-state index in [0.29, 0.717) is 12.1 Å². The number of hydrogen-bond donors (Lipinski definition) is 2. The van der Waals surface area contributed by atoms with Gasteiger partial charge in [-0.2, -0.15) is 0 Å². The lowest BCUT2D eigenvalue weighted by molar-refractivity contribution is -0.137. The molecule has 2 heterocycles. The fourth-order valence-corrected chi connectivity index (χ4v) is 3.00. The first-order valence-corrected chi connectivity index (χ1v) is 6.45. The predicted octanol–water partition coefficient (Wildman–Crippen LogP) is -0.00670. The highest BCUT2D eigenvalue weighted by molar-refractivity contribution is 5.88. The summed E-state index contributed by atoms with van der Waals surface area (Å²) in [5.74, 6) is -0.159. The van der Waals surface area contributed by atoms with Gasteiger partial charge < -0.3 is 16.0 Å². The minimum atomic E-state index is -0.364. The van der Waals surface area contributed by atoms with Crippen LogP contribution in [-0.2, 0) is 9.59 Å². The average Bonchev–Trinajstić information content (AvgIpc) is 2.60. The van der Waals surface area contributed by atoms with Crippen molar-refractivity contribution in [2.75, 3.05) is 6.54 Å². The smallest absolute Gasteiger partial charge is 0.245 e. The van der Waals surface area contributed by atoms with Crippen LogP contribution in [0.5, 0.6) is 0 Å². The Morgan fingerprint density at radius 2 is 2.18 bits per heavy atom. The maximum absolute atomic E-state index is 12.4. The van der Waals surface area contributed by atoms with Gasteiger partial charge in [0.2, 0.25) is 11.8 Å². The van der Waals surface area contributed by atoms with Crippen molar-refractivity contribution in [3.05, 3.63) is 0 Å². The van der Waals surface area contributed by atoms with Gasteiger partial charge >= 0.3 is 0 Å². The van der Waals surface area contributed by atoms with Gasteiger partial charge in [0, 0.05) is 12.1 Å². The number of carbonyl (C=O) groups excluding carboxylic acids is 2. The Bertz CT molecular complexity index is 319. The summed E-state index contributed by atoms with van der Waals surface area (Å²) < 4.78 is 0. The van der Waals surface area contributed by atoms with Crippen LogP contribution in [0.25, 0.3) is 0 Å². The molecule has 0 radical (unpaired) electrons. The van der Waals surface area contributed by atoms with Crippen LogP contribution < -0.4 is 11.1 Å². The molecule has 5 heteroatoms. The number of nitrogens with two attached hydrogens (primary N) is 1. The quantitative estimate of drug-likeness (QED) is 0.712. The Morgan fingerprint density at radius 1 is 1.41 bits per heavy atom. The molecular weight excluding hydrogens is 218 g/mol. The number of rotatable bonds is 2. The molecule has 0 aromatic rings. The van der Waals surface area contributed by atoms with Crippen molar-refractivity contribution in [1.29, 1.82) is 0 Å². The van der Waals surface area contributed by atoms with Gasteiger partial charge in [0.1, 0.15) is 6.04 Å². The molecule has 2 fully saturated rings. The molecule has 0 bridgehead atoms. The standard InChI is InChI=1S/C12H21N3O2/c1-8-5-6-9-3-2-4-10(12(17)15(8)9)14-11(16)7-13/h8-10H,2-7,13H2,1H3,(H,14,16)/t8-,9+,10+/m1/s1. The first-order valence-electron chi connectivity index (χ1n) is 6.45. The van der Waals surface area contributed by atoms with Gasteiger partial charge in [-0.1, -0.05) is 0 Å². The van der Waals surface area contributed by atoms with Crippen molar-refractivity contribution in [3.8, 4) is 0 Å². The van der Waals surface area contributed by atoms with E-state index >= 15 is 0 Å². The Balaban J connectivity index is 2.08. The minimum Gasteiger partial charge on any atom is -0.343 e. The van der Waals surface area contributed by atoms with E-state index < -0.39 is 0 Å². The third-order valence-electron chi connectivity index (χ3n) is 3.89. The van der Waals surface area contributed by atoms with Gasteiger partial charge in [-0.15, -0.1) is 0 Å². The third-order valence-corrected chi connectivity index (χ3v) is 3.89. The monoisotopic (exact) mass is 239 g/mol. The molecule has 0 aromatic carbocycles. The third kappa shape index (κ3) is 2.44. The molecule has 2 amide bonds. The van der Waals surface area contributed by atoms with E-state index in [4.69, 9.17) is 5.73 Å². The van der Waals surface area contributed by atoms with Crippen molar-refractivity contribution in [1.82, 2.24) is 10.2 Å². The molecule has 2 aliphatic heterocycles. The van der Waals surface area contributed by atoms with Crippen molar-refractivity contribution in [2.24, 2.45) is 5.73 Å². The van der Waals surface area contributed by atoms with Gasteiger partial charge in [-0.05, 0) is 39.0 Å². The number of nitrogens with zero attached hydrogens (tertiary/aromatic N) is 1. The number of amides is 2. The molecule has 2 saturated heterocycles. The zero-order chi connectivity index (χ0) is 12.4. The number of fused-ring (bicyclic) bond motifs is 1. The summed E-state index contributed by atoms with van der Waals surface area (Å²) >= 11 is 0. The maximum Gasteiger partial charge on any atom is 0.245 e. The summed E-state index contributed by atoms with van der Waals surface area (Å²) in [6, 6.07) is 0.330. The Morgan fingerprint density at radius 3 is 2.88 bits per heavy atom. The van der Waals surface area contributed by atoms with Crippen LogP contribution in [0, 0.1) is 0 Å². The fourth-order valence-electron chi connectivity index (χ4n) is 3.00. The van der Waals surface area contributed by atoms with Crippen LogP contribution in [0.4, 0.5) is 0 Å². The molecule has 0 unspecified atom stereocenters. The second-order valence-corrected chi connectivity index (χ2v) is 5.08. The number of nitrogens with one attached hydrogen (secondary N) is 1. The lowest BCUT2D eigenvalue weighted by Crippen LogP contribution is -2.51. The summed E-state index contributed by atoms with van der Waals surface area (Å²) in [7, 11) is 0. The summed E-state index contributed by atoms with van der Waals surface area (Å²) in [4.78, 5) is 25.6. The van der Waals surface area contributed by atoms with E-state index in [1.165, 1.54) is 0 Å². The number of carbonyl (C=O) groups is 2. The lowest BCUT2D eigenvalue weighted by atomic mass is 10.1. The molecular formula is C12H21N3O2. The van der Waals surface area contributed by atoms with Gasteiger partial charge in [-0.3, -0.25) is 9.59 Å². The molecule has 2 rings (SSSR count). The molecule has 0 aliphatic carbocycles. The summed E-state index contributed by atoms with van der Waals surface area (Å²) in [5.41, 5.74) is 5.27. The van der Waals surface area contributed by atoms with Gasteiger partial charge in [0.25, 0.3) is 0 Å². The van der Waals surface area contributed by atoms with E-state index in [1.54, 1.807) is 0 Å². The number of hydrogen-bond acceptors (Lipinski definition) is 3. The average molecular weight is 239 g/mol. The minimum absolute atomic E-state index is 0.0528. The summed E-state index contributed by atoms with van der Waals surface area (Å²) in [6.45, 7) is 2.04. The second kappa shape index (κ2) is 5.04. The van der Waals surface area contributed by atoms with Crippen LogP contribution in [0.1, 0.15) is 39.0 Å². The van der Waals surface area contributed by atoms with Crippen LogP contribution in [-0.4, -0.2) is 41.4 Å². The Labute approximate surface area is 102 Å². The first-order chi connectivity index (χ1) is 8.13. The van der Waals surface area contributed by atoms with E-state index in [9.17, 15) is 9.59 Å². The fraction of sp³-hybridized carbons (Fsp3) is 0.833. The Hall–Kier alpha value is -1.10. The molecule has 5 nitrogen and oxygen atoms in total. The summed E-state index contributed by atoms with van der Waals surface area (Å²) in [5, 5.41) is 2.74. The van der Waals surface area contributed by atoms with Crippen LogP contribution in [0.3, 0.4) is 0 Å². The highest BCUT2D eigenvalue weighted by Gasteiger charge is 2.39. The predicted molar refractivity (Wildman–Crippen MR) is 64.2 cm³/mol. The van der Waals surface area contributed by atoms with Gasteiger partial charge in [0.05, 0.1) is 6.54 Å². The van der Waals surface area contributed by atoms with E-state index in [0.717, 1.165) is 32.1 Å². The molecule has 0 aromatic heterocycles. The zero-order valence-electron chi connectivity index (χ0n) is 10.3. The van der Waals surface area contributed by atoms with E-state index in [1.807, 2.05) is 4.90 Å². The van der Waals surface area contributed by atoms with Gasteiger partial charge in [0.15, 0.2) is 0 Å². The summed E-state index contributed by atoms with van der Waals surface area (Å²) in [6.07, 6.45) is 4.98. The highest BCUT2D eigenvalue weighted by atomic mass is 16.2. The van der Waals surface area contributed by atoms with Crippen LogP contribution in [0.15, 0.2) is 0 Å². The maximum atomic E-state index is 12.4. The second-order valence-electron chi connectivity index (χ2n) is 5.08. The van der Waals surface area contributed by atoms with Crippen molar-refractivity contribution in [3.63, 3.8) is 0 Å². The first kappa shape index (κ1) is 12.4. The SMILES string of the molecule is C[C@@H]1CC[C@@H]2CCC[C@H](NC(=O)CN)C(=O)N21. The lowest BCUT2D eigenvalue weighted by Gasteiger charge is -2.29. The normalized spacial score (nSPS) is 33.2. The molecule has 0 saturated carbocycles. The van der Waals surface area contributed by atoms with Crippen LogP contribution in [0.2, 0.25) is 0 Å². The zero-order valence-corrected chi connectivity index (χ0v) is 10.3. The van der Waals surface area contributed by atoms with E-state index in [2.05, 4.69) is 12.2 Å². The van der Waals surface area contributed by atoms with Crippen molar-refractivity contribution < 1.29 is 9.59 Å². The van der Waals surface area contributed by atoms with Crippen molar-refractivity contribution in [2.45, 2.75) is 57.2 Å². The molecule has 3 N–H and O–H groups in total. The Kier molecular flexibility index (Phi) is 3.66. The largest absolute Gasteiger partial charge is 0.343 e. The highest BCUT2D eigenvalue weighted by Crippen LogP contribution is 2.31. The molecule has 3 atom stereocenters. The van der Waals surface area contributed by atoms with Gasteiger partial charge in [-0.25, -0.2) is 0 Å². The molecule has 0 spiro atoms. The molecule has 17 heavy (non-hydrogen) atoms. The molecule has 96 valence electrons.